The molecule has 0 radical (unpaired) electrons. The van der Waals surface area contributed by atoms with Gasteiger partial charge >= 0.3 is 0 Å². The van der Waals surface area contributed by atoms with E-state index in [0.29, 0.717) is 0 Å². The summed E-state index contributed by atoms with van der Waals surface area (Å²) in [7, 11) is 3.97. The number of aryl methyl sites for hydroxylation is 2. The second-order valence-electron chi connectivity index (χ2n) is 5.15. The van der Waals surface area contributed by atoms with Gasteiger partial charge in [0.2, 0.25) is 0 Å². The molecule has 2 aromatic rings. The Hall–Kier alpha value is -2.09. The second kappa shape index (κ2) is 5.27. The number of rotatable bonds is 3. The van der Waals surface area contributed by atoms with Crippen molar-refractivity contribution in [2.45, 2.75) is 13.8 Å². The summed E-state index contributed by atoms with van der Waals surface area (Å²) in [6.07, 6.45) is 0. The summed E-state index contributed by atoms with van der Waals surface area (Å²) in [5, 5.41) is 0. The van der Waals surface area contributed by atoms with E-state index >= 15 is 0 Å². The summed E-state index contributed by atoms with van der Waals surface area (Å²) in [6.45, 7) is 4.03. The highest BCUT2D eigenvalue weighted by Crippen LogP contribution is 2.17. The van der Waals surface area contributed by atoms with Gasteiger partial charge in [0, 0.05) is 30.9 Å². The molecule has 0 bridgehead atoms. The van der Waals surface area contributed by atoms with Crippen molar-refractivity contribution in [3.63, 3.8) is 0 Å². The van der Waals surface area contributed by atoms with E-state index in [1.807, 2.05) is 69.2 Å². The molecule has 2 rings (SSSR count). The number of anilines is 1. The van der Waals surface area contributed by atoms with Crippen LogP contribution in [0.2, 0.25) is 0 Å². The Kier molecular flexibility index (Phi) is 3.70. The van der Waals surface area contributed by atoms with Crippen LogP contribution in [-0.4, -0.2) is 19.9 Å². The van der Waals surface area contributed by atoms with Crippen molar-refractivity contribution < 1.29 is 4.79 Å². The van der Waals surface area contributed by atoms with E-state index in [-0.39, 0.29) is 5.78 Å². The number of hydrogen-bond donors (Lipinski definition) is 0. The van der Waals surface area contributed by atoms with Crippen LogP contribution in [0, 0.1) is 13.8 Å². The van der Waals surface area contributed by atoms with Crippen molar-refractivity contribution in [3.05, 3.63) is 64.7 Å². The first-order valence-corrected chi connectivity index (χ1v) is 6.38. The molecule has 0 aliphatic carbocycles. The molecule has 0 aliphatic heterocycles. The van der Waals surface area contributed by atoms with Crippen molar-refractivity contribution in [2.24, 2.45) is 0 Å². The van der Waals surface area contributed by atoms with E-state index in [1.54, 1.807) is 0 Å². The minimum atomic E-state index is 0.0807. The van der Waals surface area contributed by atoms with Crippen LogP contribution in [-0.2, 0) is 0 Å². The highest BCUT2D eigenvalue weighted by atomic mass is 16.1. The molecule has 0 unspecified atom stereocenters. The predicted octanol–water partition coefficient (Wildman–Crippen LogP) is 3.60. The Morgan fingerprint density at radius 1 is 0.842 bits per heavy atom. The number of ketones is 1. The third-order valence-corrected chi connectivity index (χ3v) is 3.13. The number of carbonyl (C=O) groups excluding carboxylic acids is 1. The average molecular weight is 253 g/mol. The first kappa shape index (κ1) is 13.3. The minimum absolute atomic E-state index is 0.0807. The van der Waals surface area contributed by atoms with E-state index in [2.05, 4.69) is 6.07 Å². The number of benzene rings is 2. The minimum Gasteiger partial charge on any atom is -0.378 e. The van der Waals surface area contributed by atoms with Gasteiger partial charge in [0.15, 0.2) is 5.78 Å². The third kappa shape index (κ3) is 3.02. The molecular formula is C17H19NO. The Morgan fingerprint density at radius 2 is 1.37 bits per heavy atom. The van der Waals surface area contributed by atoms with E-state index < -0.39 is 0 Å². The summed E-state index contributed by atoms with van der Waals surface area (Å²) in [6, 6.07) is 13.7. The molecule has 98 valence electrons. The molecule has 0 aromatic heterocycles. The van der Waals surface area contributed by atoms with Crippen molar-refractivity contribution in [3.8, 4) is 0 Å². The Balaban J connectivity index is 2.33. The Labute approximate surface area is 114 Å². The van der Waals surface area contributed by atoms with Crippen LogP contribution in [0.3, 0.4) is 0 Å². The molecule has 0 aliphatic rings. The lowest BCUT2D eigenvalue weighted by atomic mass is 9.99. The number of carbonyl (C=O) groups is 1. The number of hydrogen-bond acceptors (Lipinski definition) is 2. The van der Waals surface area contributed by atoms with Crippen molar-refractivity contribution in [1.82, 2.24) is 0 Å². The van der Waals surface area contributed by atoms with Gasteiger partial charge in [-0.05, 0) is 50.2 Å². The van der Waals surface area contributed by atoms with Gasteiger partial charge < -0.3 is 4.90 Å². The van der Waals surface area contributed by atoms with Crippen LogP contribution in [0.1, 0.15) is 27.0 Å². The molecule has 2 aromatic carbocycles. The molecule has 0 saturated carbocycles. The smallest absolute Gasteiger partial charge is 0.193 e. The van der Waals surface area contributed by atoms with Crippen molar-refractivity contribution >= 4 is 11.5 Å². The average Bonchev–Trinajstić information content (AvgIpc) is 2.37. The van der Waals surface area contributed by atoms with Crippen molar-refractivity contribution in [2.75, 3.05) is 19.0 Å². The van der Waals surface area contributed by atoms with E-state index in [9.17, 15) is 4.79 Å². The molecule has 2 heteroatoms. The summed E-state index contributed by atoms with van der Waals surface area (Å²) < 4.78 is 0. The van der Waals surface area contributed by atoms with Crippen LogP contribution in [0.15, 0.2) is 42.5 Å². The molecule has 0 amide bonds. The number of nitrogens with zero attached hydrogens (tertiary/aromatic N) is 1. The summed E-state index contributed by atoms with van der Waals surface area (Å²) >= 11 is 0. The maximum absolute atomic E-state index is 12.4. The van der Waals surface area contributed by atoms with Crippen LogP contribution in [0.5, 0.6) is 0 Å². The normalized spacial score (nSPS) is 10.3. The molecular weight excluding hydrogens is 234 g/mol. The van der Waals surface area contributed by atoms with Crippen LogP contribution in [0.4, 0.5) is 5.69 Å². The monoisotopic (exact) mass is 253 g/mol. The van der Waals surface area contributed by atoms with Gasteiger partial charge in [0.05, 0.1) is 0 Å². The predicted molar refractivity (Wildman–Crippen MR) is 80.1 cm³/mol. The zero-order valence-electron chi connectivity index (χ0n) is 11.9. The maximum atomic E-state index is 12.4. The van der Waals surface area contributed by atoms with Gasteiger partial charge in [0.1, 0.15) is 0 Å². The molecule has 0 atom stereocenters. The lowest BCUT2D eigenvalue weighted by Gasteiger charge is -2.12. The zero-order valence-corrected chi connectivity index (χ0v) is 11.9. The SMILES string of the molecule is Cc1cc(C)cc(C(=O)c2ccc(N(C)C)cc2)c1. The molecule has 2 nitrogen and oxygen atoms in total. The van der Waals surface area contributed by atoms with E-state index in [1.165, 1.54) is 0 Å². The summed E-state index contributed by atoms with van der Waals surface area (Å²) in [5.74, 6) is 0.0807. The zero-order chi connectivity index (χ0) is 14.0. The topological polar surface area (TPSA) is 20.3 Å². The lowest BCUT2D eigenvalue weighted by molar-refractivity contribution is 0.103. The Bertz CT molecular complexity index is 577. The largest absolute Gasteiger partial charge is 0.378 e. The fraction of sp³-hybridized carbons (Fsp3) is 0.235. The van der Waals surface area contributed by atoms with Crippen molar-refractivity contribution in [1.29, 1.82) is 0 Å². The van der Waals surface area contributed by atoms with Gasteiger partial charge in [-0.25, -0.2) is 0 Å². The molecule has 0 spiro atoms. The fourth-order valence-electron chi connectivity index (χ4n) is 2.18. The van der Waals surface area contributed by atoms with Crippen LogP contribution in [0.25, 0.3) is 0 Å². The van der Waals surface area contributed by atoms with Gasteiger partial charge in [-0.2, -0.15) is 0 Å². The first-order chi connectivity index (χ1) is 8.97. The highest BCUT2D eigenvalue weighted by molar-refractivity contribution is 6.09. The van der Waals surface area contributed by atoms with Crippen LogP contribution >= 0.6 is 0 Å². The van der Waals surface area contributed by atoms with Gasteiger partial charge in [0.25, 0.3) is 0 Å². The van der Waals surface area contributed by atoms with Crippen LogP contribution < -0.4 is 4.90 Å². The van der Waals surface area contributed by atoms with Gasteiger partial charge in [-0.3, -0.25) is 4.79 Å². The quantitative estimate of drug-likeness (QED) is 0.779. The summed E-state index contributed by atoms with van der Waals surface area (Å²) in [5.41, 5.74) is 4.82. The van der Waals surface area contributed by atoms with E-state index in [0.717, 1.165) is 27.9 Å². The molecule has 0 N–H and O–H groups in total. The van der Waals surface area contributed by atoms with E-state index in [4.69, 9.17) is 0 Å². The lowest BCUT2D eigenvalue weighted by Crippen LogP contribution is -2.09. The molecule has 0 saturated heterocycles. The molecule has 0 heterocycles. The van der Waals surface area contributed by atoms with Gasteiger partial charge in [-0.1, -0.05) is 17.2 Å². The standard InChI is InChI=1S/C17H19NO/c1-12-9-13(2)11-15(10-12)17(19)14-5-7-16(8-6-14)18(3)4/h5-11H,1-4H3. The fourth-order valence-corrected chi connectivity index (χ4v) is 2.18. The third-order valence-electron chi connectivity index (χ3n) is 3.13. The summed E-state index contributed by atoms with van der Waals surface area (Å²) in [4.78, 5) is 14.4. The molecule has 0 fully saturated rings. The Morgan fingerprint density at radius 3 is 1.84 bits per heavy atom. The molecule has 19 heavy (non-hydrogen) atoms. The first-order valence-electron chi connectivity index (χ1n) is 6.38. The highest BCUT2D eigenvalue weighted by Gasteiger charge is 2.10. The van der Waals surface area contributed by atoms with Gasteiger partial charge in [-0.15, -0.1) is 0 Å². The maximum Gasteiger partial charge on any atom is 0.193 e. The second-order valence-corrected chi connectivity index (χ2v) is 5.15.